The number of para-hydroxylation sites is 1. The van der Waals surface area contributed by atoms with Crippen LogP contribution in [0.15, 0.2) is 43.0 Å². The average molecular weight is 281 g/mol. The van der Waals surface area contributed by atoms with Crippen LogP contribution in [0.1, 0.15) is 13.8 Å². The first-order valence-electron chi connectivity index (χ1n) is 6.13. The van der Waals surface area contributed by atoms with E-state index in [1.165, 1.54) is 17.9 Å². The van der Waals surface area contributed by atoms with E-state index in [9.17, 15) is 13.2 Å². The van der Waals surface area contributed by atoms with Crippen molar-refractivity contribution in [2.24, 2.45) is 0 Å². The Kier molecular flexibility index (Phi) is 5.30. The highest BCUT2D eigenvalue weighted by Crippen LogP contribution is 2.16. The van der Waals surface area contributed by atoms with Gasteiger partial charge in [0.2, 0.25) is 5.91 Å². The van der Waals surface area contributed by atoms with Gasteiger partial charge in [-0.2, -0.15) is 0 Å². The minimum Gasteiger partial charge on any atom is -0.312 e. The molecule has 0 N–H and O–H groups in total. The molecule has 1 amide bonds. The summed E-state index contributed by atoms with van der Waals surface area (Å²) in [4.78, 5) is 13.8. The summed E-state index contributed by atoms with van der Waals surface area (Å²) in [5, 5.41) is -1.06. The summed E-state index contributed by atoms with van der Waals surface area (Å²) >= 11 is 0. The second kappa shape index (κ2) is 6.52. The second-order valence-corrected chi connectivity index (χ2v) is 6.54. The smallest absolute Gasteiger partial charge is 0.245 e. The van der Waals surface area contributed by atoms with E-state index in [0.29, 0.717) is 12.2 Å². The van der Waals surface area contributed by atoms with Crippen molar-refractivity contribution in [3.63, 3.8) is 0 Å². The van der Waals surface area contributed by atoms with E-state index in [1.807, 2.05) is 25.1 Å². The van der Waals surface area contributed by atoms with Crippen LogP contribution in [0.2, 0.25) is 0 Å². The van der Waals surface area contributed by atoms with Crippen molar-refractivity contribution in [2.45, 2.75) is 19.1 Å². The lowest BCUT2D eigenvalue weighted by Gasteiger charge is -2.24. The number of nitrogens with zero attached hydrogens (tertiary/aromatic N) is 1. The van der Waals surface area contributed by atoms with Gasteiger partial charge in [0.1, 0.15) is 5.25 Å². The molecule has 0 aliphatic heterocycles. The van der Waals surface area contributed by atoms with Gasteiger partial charge in [0.05, 0.1) is 5.75 Å². The lowest BCUT2D eigenvalue weighted by molar-refractivity contribution is -0.117. The number of carbonyl (C=O) groups is 1. The van der Waals surface area contributed by atoms with Crippen LogP contribution < -0.4 is 4.90 Å². The summed E-state index contributed by atoms with van der Waals surface area (Å²) in [6.45, 7) is 7.07. The van der Waals surface area contributed by atoms with Crippen molar-refractivity contribution in [3.05, 3.63) is 43.0 Å². The van der Waals surface area contributed by atoms with Crippen LogP contribution in [0.25, 0.3) is 0 Å². The van der Waals surface area contributed by atoms with E-state index in [-0.39, 0.29) is 5.75 Å². The number of benzene rings is 1. The van der Waals surface area contributed by atoms with Gasteiger partial charge in [-0.3, -0.25) is 4.79 Å². The molecule has 1 aromatic rings. The molecule has 0 aliphatic carbocycles. The Balaban J connectivity index is 3.01. The van der Waals surface area contributed by atoms with E-state index >= 15 is 0 Å². The van der Waals surface area contributed by atoms with E-state index in [2.05, 4.69) is 6.58 Å². The maximum absolute atomic E-state index is 12.3. The number of hydrogen-bond donors (Lipinski definition) is 0. The molecule has 1 unspecified atom stereocenters. The van der Waals surface area contributed by atoms with Gasteiger partial charge in [-0.05, 0) is 26.0 Å². The predicted octanol–water partition coefficient (Wildman–Crippen LogP) is 2.03. The van der Waals surface area contributed by atoms with E-state index in [1.54, 1.807) is 12.1 Å². The summed E-state index contributed by atoms with van der Waals surface area (Å²) in [5.74, 6) is -0.595. The van der Waals surface area contributed by atoms with E-state index in [4.69, 9.17) is 0 Å². The molecule has 0 radical (unpaired) electrons. The molecule has 1 rings (SSSR count). The fourth-order valence-corrected chi connectivity index (χ4v) is 2.81. The third kappa shape index (κ3) is 3.67. The van der Waals surface area contributed by atoms with Crippen molar-refractivity contribution in [2.75, 3.05) is 17.2 Å². The van der Waals surface area contributed by atoms with Crippen molar-refractivity contribution in [1.29, 1.82) is 0 Å². The van der Waals surface area contributed by atoms with Crippen LogP contribution in [0.4, 0.5) is 5.69 Å². The Hall–Kier alpha value is -1.62. The first-order valence-corrected chi connectivity index (χ1v) is 7.84. The highest BCUT2D eigenvalue weighted by atomic mass is 32.2. The number of carbonyl (C=O) groups excluding carboxylic acids is 1. The van der Waals surface area contributed by atoms with Gasteiger partial charge in [0, 0.05) is 12.2 Å². The Bertz CT molecular complexity index is 537. The fourth-order valence-electron chi connectivity index (χ4n) is 1.76. The molecule has 19 heavy (non-hydrogen) atoms. The van der Waals surface area contributed by atoms with Crippen molar-refractivity contribution in [3.8, 4) is 0 Å². The van der Waals surface area contributed by atoms with Crippen molar-refractivity contribution >= 4 is 21.4 Å². The van der Waals surface area contributed by atoms with Gasteiger partial charge in [0.25, 0.3) is 0 Å². The Morgan fingerprint density at radius 1 is 1.37 bits per heavy atom. The first kappa shape index (κ1) is 15.4. The molecule has 5 heteroatoms. The molecule has 0 saturated heterocycles. The Labute approximate surface area is 114 Å². The van der Waals surface area contributed by atoms with E-state index < -0.39 is 21.0 Å². The van der Waals surface area contributed by atoms with Gasteiger partial charge in [-0.1, -0.05) is 24.3 Å². The van der Waals surface area contributed by atoms with Gasteiger partial charge in [-0.25, -0.2) is 8.42 Å². The fraction of sp³-hybridized carbons (Fsp3) is 0.357. The Morgan fingerprint density at radius 3 is 2.42 bits per heavy atom. The van der Waals surface area contributed by atoms with Crippen molar-refractivity contribution in [1.82, 2.24) is 0 Å². The van der Waals surface area contributed by atoms with Crippen LogP contribution in [0.3, 0.4) is 0 Å². The molecule has 1 aromatic carbocycles. The number of anilines is 1. The molecular formula is C14H19NO3S. The van der Waals surface area contributed by atoms with Crippen LogP contribution in [0, 0.1) is 0 Å². The summed E-state index contributed by atoms with van der Waals surface area (Å²) in [5.41, 5.74) is 0.704. The molecule has 0 fully saturated rings. The van der Waals surface area contributed by atoms with Gasteiger partial charge >= 0.3 is 0 Å². The SMILES string of the molecule is C=CCS(=O)(=O)C(C)C(=O)N(CC)c1ccccc1. The largest absolute Gasteiger partial charge is 0.312 e. The topological polar surface area (TPSA) is 54.5 Å². The van der Waals surface area contributed by atoms with Gasteiger partial charge < -0.3 is 4.90 Å². The number of sulfone groups is 1. The first-order chi connectivity index (χ1) is 8.94. The molecule has 0 aliphatic rings. The molecular weight excluding hydrogens is 262 g/mol. The zero-order valence-corrected chi connectivity index (χ0v) is 12.1. The molecule has 0 saturated carbocycles. The highest BCUT2D eigenvalue weighted by molar-refractivity contribution is 7.92. The summed E-state index contributed by atoms with van der Waals surface area (Å²) < 4.78 is 23.8. The van der Waals surface area contributed by atoms with Crippen LogP contribution in [0.5, 0.6) is 0 Å². The van der Waals surface area contributed by atoms with Crippen molar-refractivity contribution < 1.29 is 13.2 Å². The number of hydrogen-bond acceptors (Lipinski definition) is 3. The zero-order chi connectivity index (χ0) is 14.5. The summed E-state index contributed by atoms with van der Waals surface area (Å²) in [6.07, 6.45) is 1.30. The molecule has 1 atom stereocenters. The van der Waals surface area contributed by atoms with E-state index in [0.717, 1.165) is 0 Å². The number of amides is 1. The summed E-state index contributed by atoms with van der Waals surface area (Å²) in [7, 11) is -3.48. The quantitative estimate of drug-likeness (QED) is 0.750. The lowest BCUT2D eigenvalue weighted by Crippen LogP contribution is -2.42. The molecule has 0 bridgehead atoms. The van der Waals surface area contributed by atoms with Gasteiger partial charge in [-0.15, -0.1) is 6.58 Å². The standard InChI is InChI=1S/C14H19NO3S/c1-4-11-19(17,18)12(3)14(16)15(5-2)13-9-7-6-8-10-13/h4,6-10,12H,1,5,11H2,2-3H3. The van der Waals surface area contributed by atoms with Crippen LogP contribution in [-0.2, 0) is 14.6 Å². The minimum absolute atomic E-state index is 0.188. The molecule has 4 nitrogen and oxygen atoms in total. The summed E-state index contributed by atoms with van der Waals surface area (Å²) in [6, 6.07) is 9.05. The second-order valence-electron chi connectivity index (χ2n) is 4.18. The third-order valence-corrected chi connectivity index (χ3v) is 4.87. The van der Waals surface area contributed by atoms with Crippen LogP contribution in [-0.4, -0.2) is 31.9 Å². The molecule has 0 spiro atoms. The average Bonchev–Trinajstić information content (AvgIpc) is 2.39. The monoisotopic (exact) mass is 281 g/mol. The maximum Gasteiger partial charge on any atom is 0.245 e. The highest BCUT2D eigenvalue weighted by Gasteiger charge is 2.30. The van der Waals surface area contributed by atoms with Gasteiger partial charge in [0.15, 0.2) is 9.84 Å². The molecule has 0 heterocycles. The minimum atomic E-state index is -3.48. The Morgan fingerprint density at radius 2 is 1.95 bits per heavy atom. The zero-order valence-electron chi connectivity index (χ0n) is 11.2. The third-order valence-electron chi connectivity index (χ3n) is 2.89. The molecule has 0 aromatic heterocycles. The maximum atomic E-state index is 12.3. The lowest BCUT2D eigenvalue weighted by atomic mass is 10.2. The normalized spacial score (nSPS) is 12.7. The predicted molar refractivity (Wildman–Crippen MR) is 77.9 cm³/mol. The molecule has 104 valence electrons. The number of rotatable bonds is 6. The van der Waals surface area contributed by atoms with Crippen LogP contribution >= 0.6 is 0 Å².